The minimum atomic E-state index is -4.44. The first-order chi connectivity index (χ1) is 13.0. The molecule has 29 heavy (non-hydrogen) atoms. The van der Waals surface area contributed by atoms with Crippen LogP contribution < -0.4 is 5.32 Å². The van der Waals surface area contributed by atoms with Gasteiger partial charge in [0.25, 0.3) is 0 Å². The van der Waals surface area contributed by atoms with E-state index in [2.05, 4.69) is 5.32 Å². The number of carboxylic acid groups (broad SMARTS) is 3. The van der Waals surface area contributed by atoms with Gasteiger partial charge in [0.05, 0.1) is 25.9 Å². The number of carbonyl (C=O) groups is 3. The van der Waals surface area contributed by atoms with E-state index < -0.39 is 65.3 Å². The molecule has 0 rings (SSSR count). The Balaban J connectivity index is -0.000000182. The van der Waals surface area contributed by atoms with Gasteiger partial charge in [0.2, 0.25) is 0 Å². The Morgan fingerprint density at radius 2 is 1.17 bits per heavy atom. The molecule has 172 valence electrons. The van der Waals surface area contributed by atoms with Crippen molar-refractivity contribution in [3.8, 4) is 0 Å². The maximum Gasteiger partial charge on any atom is 0.373 e. The van der Waals surface area contributed by atoms with Crippen molar-refractivity contribution in [2.24, 2.45) is 0 Å². The standard InChI is InChI=1S/C5H10NO7P.C3H8NO5P.CO2.CH4O/c7-4(8)1-6(2-5(9)10)3-14(11,12)13;5-3(6)1-4-2-10(7,8)9;2-1-3;1-2/h1-3H2,(H,7,8)(H,9,10)(H2,11,12,13);4H,1-2H2,(H,5,6)(H2,7,8,9);;2H,1H3. The van der Waals surface area contributed by atoms with Crippen LogP contribution in [0.4, 0.5) is 0 Å². The fourth-order valence-electron chi connectivity index (χ4n) is 1.11. The van der Waals surface area contributed by atoms with E-state index in [0.717, 1.165) is 7.11 Å². The van der Waals surface area contributed by atoms with Gasteiger partial charge in [-0.1, -0.05) is 0 Å². The molecule has 0 aromatic heterocycles. The van der Waals surface area contributed by atoms with Gasteiger partial charge in [-0.15, -0.1) is 0 Å². The lowest BCUT2D eigenvalue weighted by Crippen LogP contribution is -2.35. The number of nitrogens with zero attached hydrogens (tertiary/aromatic N) is 1. The van der Waals surface area contributed by atoms with Gasteiger partial charge in [-0.2, -0.15) is 9.59 Å². The molecule has 0 atom stereocenters. The van der Waals surface area contributed by atoms with Gasteiger partial charge in [0.1, 0.15) is 6.29 Å². The van der Waals surface area contributed by atoms with Crippen LogP contribution in [0.5, 0.6) is 0 Å². The van der Waals surface area contributed by atoms with E-state index >= 15 is 0 Å². The van der Waals surface area contributed by atoms with Crippen molar-refractivity contribution in [1.29, 1.82) is 0 Å². The molecule has 0 aliphatic rings. The summed E-state index contributed by atoms with van der Waals surface area (Å²) in [6.07, 6.45) is -1.23. The number of carbonyl (C=O) groups excluding carboxylic acids is 2. The molecular weight excluding hydrogens is 450 g/mol. The van der Waals surface area contributed by atoms with Crippen molar-refractivity contribution in [3.63, 3.8) is 0 Å². The Morgan fingerprint density at radius 3 is 1.38 bits per heavy atom. The second kappa shape index (κ2) is 19.3. The molecule has 0 saturated heterocycles. The maximum absolute atomic E-state index is 10.5. The largest absolute Gasteiger partial charge is 0.480 e. The molecule has 0 bridgehead atoms. The molecule has 9 N–H and O–H groups in total. The lowest BCUT2D eigenvalue weighted by atomic mass is 10.5. The van der Waals surface area contributed by atoms with Crippen LogP contribution in [0.3, 0.4) is 0 Å². The first-order valence-electron chi connectivity index (χ1n) is 6.65. The van der Waals surface area contributed by atoms with Crippen LogP contribution in [0.1, 0.15) is 0 Å². The van der Waals surface area contributed by atoms with Crippen LogP contribution in [-0.2, 0) is 33.1 Å². The highest BCUT2D eigenvalue weighted by Crippen LogP contribution is 2.34. The third-order valence-corrected chi connectivity index (χ3v) is 3.10. The highest BCUT2D eigenvalue weighted by molar-refractivity contribution is 7.51. The third kappa shape index (κ3) is 46.2. The zero-order valence-corrected chi connectivity index (χ0v) is 16.6. The monoisotopic (exact) mass is 472 g/mol. The van der Waals surface area contributed by atoms with Crippen LogP contribution in [-0.4, -0.2) is 108 Å². The Kier molecular flexibility index (Phi) is 22.9. The van der Waals surface area contributed by atoms with Crippen LogP contribution in [0, 0.1) is 0 Å². The summed E-state index contributed by atoms with van der Waals surface area (Å²) in [5.74, 6) is -3.84. The van der Waals surface area contributed by atoms with Gasteiger partial charge in [-0.05, 0) is 0 Å². The van der Waals surface area contributed by atoms with E-state index in [1.807, 2.05) is 0 Å². The average molecular weight is 472 g/mol. The first-order valence-corrected chi connectivity index (χ1v) is 10.2. The molecule has 0 amide bonds. The van der Waals surface area contributed by atoms with Crippen LogP contribution in [0.2, 0.25) is 0 Å². The summed E-state index contributed by atoms with van der Waals surface area (Å²) in [6, 6.07) is 0. The SMILES string of the molecule is CO.O=C(O)CN(CC(=O)O)CP(=O)(O)O.O=C(O)CNCP(=O)(O)O.O=C=O. The summed E-state index contributed by atoms with van der Waals surface area (Å²) in [7, 11) is -7.53. The second-order valence-electron chi connectivity index (χ2n) is 4.31. The molecule has 0 heterocycles. The van der Waals surface area contributed by atoms with Crippen molar-refractivity contribution in [2.75, 3.05) is 39.3 Å². The number of nitrogens with one attached hydrogen (secondary N) is 1. The number of aliphatic hydroxyl groups is 1. The van der Waals surface area contributed by atoms with Crippen LogP contribution >= 0.6 is 15.2 Å². The number of aliphatic hydroxyl groups excluding tert-OH is 1. The van der Waals surface area contributed by atoms with E-state index in [1.165, 1.54) is 0 Å². The Morgan fingerprint density at radius 1 is 0.828 bits per heavy atom. The average Bonchev–Trinajstić information content (AvgIpc) is 2.45. The highest BCUT2D eigenvalue weighted by atomic mass is 31.2. The van der Waals surface area contributed by atoms with Crippen LogP contribution in [0.25, 0.3) is 0 Å². The topological polar surface area (TPSA) is 297 Å². The summed E-state index contributed by atoms with van der Waals surface area (Å²) in [4.78, 5) is 80.4. The zero-order valence-electron chi connectivity index (χ0n) is 14.8. The molecule has 0 unspecified atom stereocenters. The summed E-state index contributed by atoms with van der Waals surface area (Å²) in [6.45, 7) is -1.89. The second-order valence-corrected chi connectivity index (χ2v) is 7.57. The summed E-state index contributed by atoms with van der Waals surface area (Å²) in [5.41, 5.74) is 0. The minimum absolute atomic E-state index is 0.250. The van der Waals surface area contributed by atoms with E-state index in [1.54, 1.807) is 0 Å². The fraction of sp³-hybridized carbons (Fsp3) is 0.600. The van der Waals surface area contributed by atoms with Crippen molar-refractivity contribution in [3.05, 3.63) is 0 Å². The van der Waals surface area contributed by atoms with Crippen molar-refractivity contribution in [1.82, 2.24) is 10.2 Å². The number of hydrogen-bond donors (Lipinski definition) is 9. The van der Waals surface area contributed by atoms with E-state index in [4.69, 9.17) is 49.6 Å². The number of rotatable bonds is 10. The Bertz CT molecular complexity index is 590. The molecular formula is C10H22N2O15P2. The predicted molar refractivity (Wildman–Crippen MR) is 89.5 cm³/mol. The summed E-state index contributed by atoms with van der Waals surface area (Å²) < 4.78 is 20.5. The van der Waals surface area contributed by atoms with Crippen molar-refractivity contribution >= 4 is 39.3 Å². The van der Waals surface area contributed by atoms with Gasteiger partial charge < -0.3 is 40.0 Å². The Labute approximate surface area is 162 Å². The van der Waals surface area contributed by atoms with Gasteiger partial charge in [-0.3, -0.25) is 33.7 Å². The fourth-order valence-corrected chi connectivity index (χ4v) is 2.23. The number of carboxylic acids is 3. The highest BCUT2D eigenvalue weighted by Gasteiger charge is 2.22. The van der Waals surface area contributed by atoms with E-state index in [-0.39, 0.29) is 6.15 Å². The molecule has 0 radical (unpaired) electrons. The Hall–Kier alpha value is -2.03. The number of hydrogen-bond acceptors (Lipinski definition) is 10. The quantitative estimate of drug-likeness (QED) is 0.139. The third-order valence-electron chi connectivity index (χ3n) is 1.70. The molecule has 0 aliphatic heterocycles. The molecule has 0 aromatic carbocycles. The maximum atomic E-state index is 10.5. The van der Waals surface area contributed by atoms with Gasteiger partial charge in [-0.25, -0.2) is 0 Å². The van der Waals surface area contributed by atoms with Gasteiger partial charge in [0, 0.05) is 7.11 Å². The molecule has 0 spiro atoms. The predicted octanol–water partition coefficient (Wildman–Crippen LogP) is -3.59. The van der Waals surface area contributed by atoms with Gasteiger partial charge in [0.15, 0.2) is 0 Å². The minimum Gasteiger partial charge on any atom is -0.480 e. The molecule has 0 saturated carbocycles. The molecule has 19 heteroatoms. The zero-order chi connectivity index (χ0) is 24.3. The lowest BCUT2D eigenvalue weighted by Gasteiger charge is -2.17. The van der Waals surface area contributed by atoms with Gasteiger partial charge >= 0.3 is 39.3 Å². The number of aliphatic carboxylic acids is 3. The summed E-state index contributed by atoms with van der Waals surface area (Å²) >= 11 is 0. The van der Waals surface area contributed by atoms with E-state index in [0.29, 0.717) is 4.90 Å². The molecule has 0 fully saturated rings. The normalized spacial score (nSPS) is 10.0. The molecule has 0 aliphatic carbocycles. The lowest BCUT2D eigenvalue weighted by molar-refractivity contribution is -0.191. The molecule has 0 aromatic rings. The molecule has 17 nitrogen and oxygen atoms in total. The van der Waals surface area contributed by atoms with Crippen LogP contribution in [0.15, 0.2) is 0 Å². The van der Waals surface area contributed by atoms with E-state index in [9.17, 15) is 23.5 Å². The van der Waals surface area contributed by atoms with Crippen molar-refractivity contribution < 1.29 is 73.1 Å². The smallest absolute Gasteiger partial charge is 0.373 e. The summed E-state index contributed by atoms with van der Waals surface area (Å²) in [5, 5.41) is 33.7. The van der Waals surface area contributed by atoms with Crippen molar-refractivity contribution in [2.45, 2.75) is 0 Å². The first kappa shape index (κ1) is 34.5.